The molecule has 0 fully saturated rings. The second kappa shape index (κ2) is 8.36. The minimum absolute atomic E-state index is 0.123. The van der Waals surface area contributed by atoms with Crippen LogP contribution in [0.5, 0.6) is 5.75 Å². The molecule has 2 aromatic carbocycles. The molecule has 0 amide bonds. The van der Waals surface area contributed by atoms with E-state index in [0.29, 0.717) is 18.1 Å². The summed E-state index contributed by atoms with van der Waals surface area (Å²) in [5, 5.41) is 0.729. The molecule has 4 aromatic rings. The van der Waals surface area contributed by atoms with Crippen LogP contribution in [0.25, 0.3) is 10.2 Å². The number of thiazole rings is 1. The van der Waals surface area contributed by atoms with E-state index in [9.17, 15) is 8.42 Å². The van der Waals surface area contributed by atoms with Crippen LogP contribution in [0.2, 0.25) is 0 Å². The van der Waals surface area contributed by atoms with Crippen LogP contribution in [0.4, 0.5) is 0 Å². The first-order valence-electron chi connectivity index (χ1n) is 9.16. The first-order valence-corrected chi connectivity index (χ1v) is 11.4. The molecule has 6 nitrogen and oxygen atoms in total. The van der Waals surface area contributed by atoms with E-state index >= 15 is 0 Å². The molecular formula is C21H20N2O4S2. The summed E-state index contributed by atoms with van der Waals surface area (Å²) >= 11 is 1.49. The van der Waals surface area contributed by atoms with Gasteiger partial charge in [0.1, 0.15) is 16.5 Å². The summed E-state index contributed by atoms with van der Waals surface area (Å²) in [4.78, 5) is 4.79. The van der Waals surface area contributed by atoms with E-state index in [-0.39, 0.29) is 18.0 Å². The predicted octanol–water partition coefficient (Wildman–Crippen LogP) is 4.68. The van der Waals surface area contributed by atoms with Crippen LogP contribution in [0.15, 0.2) is 76.2 Å². The molecule has 150 valence electrons. The van der Waals surface area contributed by atoms with Gasteiger partial charge in [-0.15, -0.1) is 11.3 Å². The van der Waals surface area contributed by atoms with Crippen molar-refractivity contribution in [3.8, 4) is 5.75 Å². The highest BCUT2D eigenvalue weighted by Crippen LogP contribution is 2.27. The molecule has 0 bridgehead atoms. The molecule has 0 atom stereocenters. The zero-order valence-corrected chi connectivity index (χ0v) is 17.4. The summed E-state index contributed by atoms with van der Waals surface area (Å²) in [6.07, 6.45) is 1.54. The van der Waals surface area contributed by atoms with Gasteiger partial charge in [-0.1, -0.05) is 12.1 Å². The number of nitrogens with zero attached hydrogens (tertiary/aromatic N) is 2. The van der Waals surface area contributed by atoms with Crippen molar-refractivity contribution < 1.29 is 17.6 Å². The maximum Gasteiger partial charge on any atom is 0.243 e. The van der Waals surface area contributed by atoms with Gasteiger partial charge in [-0.3, -0.25) is 0 Å². The quantitative estimate of drug-likeness (QED) is 0.407. The van der Waals surface area contributed by atoms with Crippen molar-refractivity contribution in [1.82, 2.24) is 9.29 Å². The van der Waals surface area contributed by atoms with Crippen molar-refractivity contribution in [3.05, 3.63) is 77.7 Å². The normalized spacial score (nSPS) is 11.9. The van der Waals surface area contributed by atoms with E-state index in [1.807, 2.05) is 31.2 Å². The number of fused-ring (bicyclic) bond motifs is 1. The van der Waals surface area contributed by atoms with Gasteiger partial charge in [-0.05, 0) is 55.5 Å². The van der Waals surface area contributed by atoms with Gasteiger partial charge in [0.05, 0.1) is 41.1 Å². The van der Waals surface area contributed by atoms with E-state index in [4.69, 9.17) is 9.15 Å². The fourth-order valence-corrected chi connectivity index (χ4v) is 5.40. The zero-order chi connectivity index (χ0) is 20.3. The van der Waals surface area contributed by atoms with Gasteiger partial charge in [0.25, 0.3) is 0 Å². The van der Waals surface area contributed by atoms with Crippen LogP contribution in [0.3, 0.4) is 0 Å². The molecule has 2 heterocycles. The monoisotopic (exact) mass is 428 g/mol. The number of furan rings is 1. The number of ether oxygens (including phenoxy) is 1. The minimum Gasteiger partial charge on any atom is -0.494 e. The first kappa shape index (κ1) is 19.6. The molecular weight excluding hydrogens is 408 g/mol. The summed E-state index contributed by atoms with van der Waals surface area (Å²) < 4.78 is 40.0. The predicted molar refractivity (Wildman–Crippen MR) is 112 cm³/mol. The lowest BCUT2D eigenvalue weighted by molar-refractivity contribution is 0.339. The fraction of sp³-hybridized carbons (Fsp3) is 0.190. The molecule has 0 unspecified atom stereocenters. The van der Waals surface area contributed by atoms with Gasteiger partial charge in [-0.25, -0.2) is 13.4 Å². The van der Waals surface area contributed by atoms with Crippen molar-refractivity contribution in [3.63, 3.8) is 0 Å². The standard InChI is InChI=1S/C21H20N2O4S2/c1-2-26-16-9-11-18(12-10-16)29(24,25)23(14-17-6-5-13-27-17)15-21-22-19-7-3-4-8-20(19)28-21/h3-13H,2,14-15H2,1H3. The maximum atomic E-state index is 13.4. The van der Waals surface area contributed by atoms with Crippen LogP contribution < -0.4 is 4.74 Å². The second-order valence-corrected chi connectivity index (χ2v) is 9.39. The Kier molecular flexibility index (Phi) is 5.66. The van der Waals surface area contributed by atoms with Gasteiger partial charge in [0, 0.05) is 0 Å². The summed E-state index contributed by atoms with van der Waals surface area (Å²) in [6, 6.07) is 17.7. The molecule has 0 aliphatic heterocycles. The number of para-hydroxylation sites is 1. The molecule has 8 heteroatoms. The average Bonchev–Trinajstić information content (AvgIpc) is 3.37. The van der Waals surface area contributed by atoms with E-state index in [1.54, 1.807) is 36.4 Å². The molecule has 0 saturated heterocycles. The molecule has 0 aliphatic rings. The Balaban J connectivity index is 1.66. The van der Waals surface area contributed by atoms with E-state index < -0.39 is 10.0 Å². The molecule has 2 aromatic heterocycles. The van der Waals surface area contributed by atoms with Crippen molar-refractivity contribution in [1.29, 1.82) is 0 Å². The molecule has 0 aliphatic carbocycles. The van der Waals surface area contributed by atoms with E-state index in [0.717, 1.165) is 15.2 Å². The molecule has 29 heavy (non-hydrogen) atoms. The SMILES string of the molecule is CCOc1ccc(S(=O)(=O)N(Cc2ccco2)Cc2nc3ccccc3s2)cc1. The number of hydrogen-bond donors (Lipinski definition) is 0. The number of rotatable bonds is 8. The highest BCUT2D eigenvalue weighted by molar-refractivity contribution is 7.89. The van der Waals surface area contributed by atoms with Crippen molar-refractivity contribution in [2.75, 3.05) is 6.61 Å². The second-order valence-electron chi connectivity index (χ2n) is 6.33. The summed E-state index contributed by atoms with van der Waals surface area (Å²) in [6.45, 7) is 2.69. The van der Waals surface area contributed by atoms with Gasteiger partial charge < -0.3 is 9.15 Å². The van der Waals surface area contributed by atoms with Gasteiger partial charge >= 0.3 is 0 Å². The number of hydrogen-bond acceptors (Lipinski definition) is 6. The topological polar surface area (TPSA) is 72.6 Å². The Morgan fingerprint density at radius 2 is 1.83 bits per heavy atom. The summed E-state index contributed by atoms with van der Waals surface area (Å²) in [5.41, 5.74) is 0.865. The van der Waals surface area contributed by atoms with Gasteiger partial charge in [-0.2, -0.15) is 4.31 Å². The summed E-state index contributed by atoms with van der Waals surface area (Å²) in [7, 11) is -3.76. The van der Waals surface area contributed by atoms with Gasteiger partial charge in [0.15, 0.2) is 0 Å². The zero-order valence-electron chi connectivity index (χ0n) is 15.8. The van der Waals surface area contributed by atoms with Crippen molar-refractivity contribution >= 4 is 31.6 Å². The molecule has 4 rings (SSSR count). The molecule has 0 radical (unpaired) electrons. The Bertz CT molecular complexity index is 1150. The van der Waals surface area contributed by atoms with Crippen LogP contribution in [0.1, 0.15) is 17.7 Å². The lowest BCUT2D eigenvalue weighted by Crippen LogP contribution is -2.30. The van der Waals surface area contributed by atoms with Crippen LogP contribution >= 0.6 is 11.3 Å². The Morgan fingerprint density at radius 3 is 2.52 bits per heavy atom. The average molecular weight is 429 g/mol. The molecule has 0 spiro atoms. The largest absolute Gasteiger partial charge is 0.494 e. The third-order valence-corrected chi connectivity index (χ3v) is 7.16. The highest BCUT2D eigenvalue weighted by atomic mass is 32.2. The van der Waals surface area contributed by atoms with E-state index in [1.165, 1.54) is 21.9 Å². The Morgan fingerprint density at radius 1 is 1.03 bits per heavy atom. The third-order valence-electron chi connectivity index (χ3n) is 4.33. The lowest BCUT2D eigenvalue weighted by atomic mass is 10.3. The van der Waals surface area contributed by atoms with Crippen LogP contribution in [-0.4, -0.2) is 24.3 Å². The van der Waals surface area contributed by atoms with Gasteiger partial charge in [0.2, 0.25) is 10.0 Å². The van der Waals surface area contributed by atoms with Crippen LogP contribution in [-0.2, 0) is 23.1 Å². The Hall–Kier alpha value is -2.68. The summed E-state index contributed by atoms with van der Waals surface area (Å²) in [5.74, 6) is 1.20. The van der Waals surface area contributed by atoms with Crippen molar-refractivity contribution in [2.24, 2.45) is 0 Å². The highest BCUT2D eigenvalue weighted by Gasteiger charge is 2.27. The number of benzene rings is 2. The molecule has 0 N–H and O–H groups in total. The third kappa shape index (κ3) is 4.34. The maximum absolute atomic E-state index is 13.4. The number of aromatic nitrogens is 1. The number of sulfonamides is 1. The minimum atomic E-state index is -3.76. The smallest absolute Gasteiger partial charge is 0.243 e. The lowest BCUT2D eigenvalue weighted by Gasteiger charge is -2.20. The van der Waals surface area contributed by atoms with Crippen LogP contribution in [0, 0.1) is 0 Å². The fourth-order valence-electron chi connectivity index (χ4n) is 2.96. The first-order chi connectivity index (χ1) is 14.1. The molecule has 0 saturated carbocycles. The Labute approximate surface area is 173 Å². The van der Waals surface area contributed by atoms with E-state index in [2.05, 4.69) is 4.98 Å². The van der Waals surface area contributed by atoms with Crippen molar-refractivity contribution in [2.45, 2.75) is 24.9 Å².